The molecule has 0 aromatic heterocycles. The molecule has 1 atom stereocenters. The molecule has 20 heavy (non-hydrogen) atoms. The molecule has 108 valence electrons. The second-order valence-corrected chi connectivity index (χ2v) is 6.05. The monoisotopic (exact) mass is 272 g/mol. The van der Waals surface area contributed by atoms with Crippen molar-refractivity contribution in [3.8, 4) is 0 Å². The molecular formula is C17H24N2O. The fourth-order valence-electron chi connectivity index (χ4n) is 3.08. The summed E-state index contributed by atoms with van der Waals surface area (Å²) in [5, 5.41) is 6.65. The first-order valence-electron chi connectivity index (χ1n) is 7.94. The standard InChI is InChI=1S/C17H24N2O/c1-2-9-18-16(13-6-7-13)14-8-5-12-4-3-10-19-17(20)15(12)11-14/h5,8,11,13,16,18H,2-4,6-7,9-10H2,1H3,(H,19,20). The summed E-state index contributed by atoms with van der Waals surface area (Å²) in [6.45, 7) is 4.04. The van der Waals surface area contributed by atoms with Crippen molar-refractivity contribution in [2.45, 2.75) is 45.1 Å². The molecule has 1 amide bonds. The maximum absolute atomic E-state index is 12.1. The number of carbonyl (C=O) groups excluding carboxylic acids is 1. The SMILES string of the molecule is CCCNC(c1ccc2c(c1)C(=O)NCCC2)C1CC1. The zero-order valence-electron chi connectivity index (χ0n) is 12.2. The lowest BCUT2D eigenvalue weighted by molar-refractivity contribution is 0.0956. The summed E-state index contributed by atoms with van der Waals surface area (Å²) in [6.07, 6.45) is 5.81. The van der Waals surface area contributed by atoms with Crippen LogP contribution in [0.4, 0.5) is 0 Å². The zero-order chi connectivity index (χ0) is 13.9. The van der Waals surface area contributed by atoms with Crippen LogP contribution in [0, 0.1) is 5.92 Å². The smallest absolute Gasteiger partial charge is 0.251 e. The number of aryl methyl sites for hydroxylation is 1. The van der Waals surface area contributed by atoms with Crippen LogP contribution in [-0.4, -0.2) is 19.0 Å². The molecule has 0 radical (unpaired) electrons. The topological polar surface area (TPSA) is 41.1 Å². The van der Waals surface area contributed by atoms with Crippen LogP contribution in [0.3, 0.4) is 0 Å². The van der Waals surface area contributed by atoms with Crippen molar-refractivity contribution in [2.24, 2.45) is 5.92 Å². The van der Waals surface area contributed by atoms with Crippen LogP contribution in [0.1, 0.15) is 60.1 Å². The van der Waals surface area contributed by atoms with E-state index in [4.69, 9.17) is 0 Å². The highest BCUT2D eigenvalue weighted by molar-refractivity contribution is 5.96. The number of benzene rings is 1. The zero-order valence-corrected chi connectivity index (χ0v) is 12.2. The highest BCUT2D eigenvalue weighted by Gasteiger charge is 2.32. The molecule has 3 rings (SSSR count). The first kappa shape index (κ1) is 13.6. The summed E-state index contributed by atoms with van der Waals surface area (Å²) < 4.78 is 0. The Kier molecular flexibility index (Phi) is 4.06. The molecule has 2 aliphatic rings. The number of fused-ring (bicyclic) bond motifs is 1. The Bertz CT molecular complexity index is 494. The number of rotatable bonds is 5. The predicted molar refractivity (Wildman–Crippen MR) is 80.9 cm³/mol. The predicted octanol–water partition coefficient (Wildman–Crippen LogP) is 2.81. The van der Waals surface area contributed by atoms with Crippen molar-refractivity contribution in [1.29, 1.82) is 0 Å². The molecule has 1 fully saturated rings. The maximum Gasteiger partial charge on any atom is 0.251 e. The fraction of sp³-hybridized carbons (Fsp3) is 0.588. The van der Waals surface area contributed by atoms with Gasteiger partial charge in [0.15, 0.2) is 0 Å². The lowest BCUT2D eigenvalue weighted by Crippen LogP contribution is -2.25. The fourth-order valence-corrected chi connectivity index (χ4v) is 3.08. The van der Waals surface area contributed by atoms with Gasteiger partial charge in [-0.3, -0.25) is 4.79 Å². The first-order chi connectivity index (χ1) is 9.79. The van der Waals surface area contributed by atoms with Gasteiger partial charge in [0, 0.05) is 18.2 Å². The van der Waals surface area contributed by atoms with Gasteiger partial charge < -0.3 is 10.6 Å². The Balaban J connectivity index is 1.87. The number of amides is 1. The van der Waals surface area contributed by atoms with E-state index in [1.54, 1.807) is 0 Å². The number of carbonyl (C=O) groups is 1. The molecule has 1 aromatic carbocycles. The van der Waals surface area contributed by atoms with E-state index in [0.717, 1.165) is 43.8 Å². The van der Waals surface area contributed by atoms with Gasteiger partial charge in [0.2, 0.25) is 0 Å². The van der Waals surface area contributed by atoms with Gasteiger partial charge in [0.05, 0.1) is 0 Å². The van der Waals surface area contributed by atoms with Crippen molar-refractivity contribution in [3.05, 3.63) is 34.9 Å². The maximum atomic E-state index is 12.1. The van der Waals surface area contributed by atoms with E-state index in [2.05, 4.69) is 35.8 Å². The third-order valence-electron chi connectivity index (χ3n) is 4.35. The van der Waals surface area contributed by atoms with E-state index >= 15 is 0 Å². The molecule has 1 heterocycles. The van der Waals surface area contributed by atoms with Gasteiger partial charge in [0.25, 0.3) is 5.91 Å². The average Bonchev–Trinajstić information content (AvgIpc) is 3.29. The van der Waals surface area contributed by atoms with Crippen LogP contribution < -0.4 is 10.6 Å². The average molecular weight is 272 g/mol. The molecular weight excluding hydrogens is 248 g/mol. The molecule has 0 saturated heterocycles. The highest BCUT2D eigenvalue weighted by Crippen LogP contribution is 2.41. The van der Waals surface area contributed by atoms with E-state index in [0.29, 0.717) is 6.04 Å². The third kappa shape index (κ3) is 2.88. The van der Waals surface area contributed by atoms with Crippen LogP contribution in [0.25, 0.3) is 0 Å². The van der Waals surface area contributed by atoms with Crippen LogP contribution in [0.15, 0.2) is 18.2 Å². The van der Waals surface area contributed by atoms with Crippen LogP contribution >= 0.6 is 0 Å². The van der Waals surface area contributed by atoms with E-state index < -0.39 is 0 Å². The largest absolute Gasteiger partial charge is 0.352 e. The van der Waals surface area contributed by atoms with Crippen LogP contribution in [0.5, 0.6) is 0 Å². The quantitative estimate of drug-likeness (QED) is 0.865. The summed E-state index contributed by atoms with van der Waals surface area (Å²) in [7, 11) is 0. The summed E-state index contributed by atoms with van der Waals surface area (Å²) in [6, 6.07) is 6.94. The summed E-state index contributed by atoms with van der Waals surface area (Å²) in [5.74, 6) is 0.859. The Morgan fingerprint density at radius 1 is 1.40 bits per heavy atom. The number of hydrogen-bond acceptors (Lipinski definition) is 2. The summed E-state index contributed by atoms with van der Waals surface area (Å²) >= 11 is 0. The molecule has 0 bridgehead atoms. The summed E-state index contributed by atoms with van der Waals surface area (Å²) in [5.41, 5.74) is 3.38. The van der Waals surface area contributed by atoms with Crippen molar-refractivity contribution >= 4 is 5.91 Å². The molecule has 1 unspecified atom stereocenters. The molecule has 1 aliphatic carbocycles. The Labute approximate surface area is 121 Å². The normalized spacial score (nSPS) is 19.9. The van der Waals surface area contributed by atoms with E-state index in [9.17, 15) is 4.79 Å². The minimum absolute atomic E-state index is 0.101. The van der Waals surface area contributed by atoms with E-state index in [-0.39, 0.29) is 5.91 Å². The van der Waals surface area contributed by atoms with E-state index in [1.807, 2.05) is 0 Å². The van der Waals surface area contributed by atoms with Crippen LogP contribution in [-0.2, 0) is 6.42 Å². The highest BCUT2D eigenvalue weighted by atomic mass is 16.1. The lowest BCUT2D eigenvalue weighted by Gasteiger charge is -2.20. The third-order valence-corrected chi connectivity index (χ3v) is 4.35. The second-order valence-electron chi connectivity index (χ2n) is 6.05. The van der Waals surface area contributed by atoms with Gasteiger partial charge in [-0.1, -0.05) is 19.1 Å². The number of hydrogen-bond donors (Lipinski definition) is 2. The number of nitrogens with one attached hydrogen (secondary N) is 2. The van der Waals surface area contributed by atoms with E-state index in [1.165, 1.54) is 24.0 Å². The molecule has 1 saturated carbocycles. The van der Waals surface area contributed by atoms with Crippen LogP contribution in [0.2, 0.25) is 0 Å². The van der Waals surface area contributed by atoms with Gasteiger partial charge in [-0.15, -0.1) is 0 Å². The molecule has 3 heteroatoms. The minimum Gasteiger partial charge on any atom is -0.352 e. The Hall–Kier alpha value is -1.35. The van der Waals surface area contributed by atoms with Gasteiger partial charge in [-0.25, -0.2) is 0 Å². The Morgan fingerprint density at radius 3 is 3.00 bits per heavy atom. The van der Waals surface area contributed by atoms with Gasteiger partial charge >= 0.3 is 0 Å². The van der Waals surface area contributed by atoms with Crippen molar-refractivity contribution in [1.82, 2.24) is 10.6 Å². The van der Waals surface area contributed by atoms with Crippen molar-refractivity contribution in [3.63, 3.8) is 0 Å². The van der Waals surface area contributed by atoms with Gasteiger partial charge in [-0.05, 0) is 61.8 Å². The Morgan fingerprint density at radius 2 is 2.25 bits per heavy atom. The summed E-state index contributed by atoms with van der Waals surface area (Å²) in [4.78, 5) is 12.1. The molecule has 1 aliphatic heterocycles. The lowest BCUT2D eigenvalue weighted by atomic mass is 9.95. The molecule has 0 spiro atoms. The van der Waals surface area contributed by atoms with Crippen molar-refractivity contribution < 1.29 is 4.79 Å². The first-order valence-corrected chi connectivity index (χ1v) is 7.94. The van der Waals surface area contributed by atoms with Gasteiger partial charge in [-0.2, -0.15) is 0 Å². The molecule has 1 aromatic rings. The van der Waals surface area contributed by atoms with Crippen molar-refractivity contribution in [2.75, 3.05) is 13.1 Å². The van der Waals surface area contributed by atoms with Gasteiger partial charge in [0.1, 0.15) is 0 Å². The second kappa shape index (κ2) is 5.96. The molecule has 2 N–H and O–H groups in total. The minimum atomic E-state index is 0.101. The molecule has 3 nitrogen and oxygen atoms in total.